The van der Waals surface area contributed by atoms with E-state index in [1.165, 1.54) is 24.3 Å². The van der Waals surface area contributed by atoms with Gasteiger partial charge in [0.1, 0.15) is 0 Å². The molecule has 0 radical (unpaired) electrons. The van der Waals surface area contributed by atoms with Gasteiger partial charge in [-0.2, -0.15) is 26.3 Å². The molecule has 29 heavy (non-hydrogen) atoms. The SMILES string of the molecule is O=C(O[N-]c1ccccc1)C(F)(F)F.O=C(O[N-]c1ccccc1)C(F)(F)F.[Pd+2]. The number of hydrogen-bond acceptors (Lipinski definition) is 4. The van der Waals surface area contributed by atoms with Crippen molar-refractivity contribution in [3.8, 4) is 0 Å². The fourth-order valence-corrected chi connectivity index (χ4v) is 1.27. The third-order valence-corrected chi connectivity index (χ3v) is 2.44. The van der Waals surface area contributed by atoms with E-state index in [0.29, 0.717) is 0 Å². The Morgan fingerprint density at radius 1 is 0.621 bits per heavy atom. The van der Waals surface area contributed by atoms with E-state index in [9.17, 15) is 35.9 Å². The van der Waals surface area contributed by atoms with E-state index in [-0.39, 0.29) is 31.8 Å². The summed E-state index contributed by atoms with van der Waals surface area (Å²) in [4.78, 5) is 27.7. The third-order valence-electron chi connectivity index (χ3n) is 2.44. The standard InChI is InChI=1S/2C8H5F3NO2.Pd/c2*9-8(10,11)7(13)14-12-6-4-2-1-3-5-6;/h2*1-5H;/q2*-1;+2. The van der Waals surface area contributed by atoms with Crippen LogP contribution < -0.4 is 0 Å². The number of nitrogens with zero attached hydrogens (tertiary/aromatic N) is 2. The normalized spacial score (nSPS) is 10.4. The Balaban J connectivity index is 0.000000523. The van der Waals surface area contributed by atoms with Crippen LogP contribution in [0.25, 0.3) is 11.0 Å². The molecule has 2 rings (SSSR count). The zero-order chi connectivity index (χ0) is 21.2. The molecule has 2 aromatic carbocycles. The van der Waals surface area contributed by atoms with Gasteiger partial charge in [-0.15, -0.1) is 11.4 Å². The molecule has 0 unspecified atom stereocenters. The van der Waals surface area contributed by atoms with E-state index in [2.05, 4.69) is 20.6 Å². The Morgan fingerprint density at radius 2 is 0.897 bits per heavy atom. The number of benzene rings is 2. The molecule has 0 atom stereocenters. The average molecular weight is 515 g/mol. The van der Waals surface area contributed by atoms with Crippen LogP contribution in [-0.4, -0.2) is 24.3 Å². The maximum atomic E-state index is 11.6. The fraction of sp³-hybridized carbons (Fsp3) is 0.125. The summed E-state index contributed by atoms with van der Waals surface area (Å²) < 4.78 is 69.7. The van der Waals surface area contributed by atoms with E-state index < -0.39 is 24.3 Å². The number of halogens is 6. The van der Waals surface area contributed by atoms with Crippen LogP contribution in [0.4, 0.5) is 37.7 Å². The van der Waals surface area contributed by atoms with Gasteiger partial charge in [-0.1, -0.05) is 60.7 Å². The number of rotatable bonds is 4. The first-order chi connectivity index (χ1) is 13.0. The summed E-state index contributed by atoms with van der Waals surface area (Å²) in [6, 6.07) is 15.2. The second-order valence-electron chi connectivity index (χ2n) is 4.61. The van der Waals surface area contributed by atoms with Crippen molar-refractivity contribution in [1.82, 2.24) is 0 Å². The molecule has 0 heterocycles. The summed E-state index contributed by atoms with van der Waals surface area (Å²) in [6.45, 7) is 0. The largest absolute Gasteiger partial charge is 2.00 e. The van der Waals surface area contributed by atoms with Gasteiger partial charge < -0.3 is 20.6 Å². The number of carbonyl (C=O) groups excluding carboxylic acids is 2. The maximum Gasteiger partial charge on any atom is 2.00 e. The first-order valence-corrected chi connectivity index (χ1v) is 7.08. The van der Waals surface area contributed by atoms with Crippen molar-refractivity contribution in [2.45, 2.75) is 12.4 Å². The molecule has 0 spiro atoms. The molecule has 0 aliphatic rings. The fourth-order valence-electron chi connectivity index (χ4n) is 1.27. The first-order valence-electron chi connectivity index (χ1n) is 7.08. The summed E-state index contributed by atoms with van der Waals surface area (Å²) in [5.74, 6) is -4.66. The smallest absolute Gasteiger partial charge is 0.524 e. The van der Waals surface area contributed by atoms with Crippen molar-refractivity contribution in [3.63, 3.8) is 0 Å². The second kappa shape index (κ2) is 11.9. The van der Waals surface area contributed by atoms with Crippen LogP contribution in [0.5, 0.6) is 0 Å². The molecule has 13 heteroatoms. The van der Waals surface area contributed by atoms with Crippen LogP contribution in [0, 0.1) is 0 Å². The monoisotopic (exact) mass is 514 g/mol. The quantitative estimate of drug-likeness (QED) is 0.310. The van der Waals surface area contributed by atoms with Gasteiger partial charge in [-0.25, -0.2) is 9.59 Å². The van der Waals surface area contributed by atoms with Crippen molar-refractivity contribution in [2.75, 3.05) is 0 Å². The molecule has 0 bridgehead atoms. The van der Waals surface area contributed by atoms with Crippen LogP contribution >= 0.6 is 0 Å². The van der Waals surface area contributed by atoms with Gasteiger partial charge in [0.2, 0.25) is 0 Å². The van der Waals surface area contributed by atoms with Gasteiger partial charge in [0.25, 0.3) is 0 Å². The van der Waals surface area contributed by atoms with E-state index in [1.54, 1.807) is 36.4 Å². The van der Waals surface area contributed by atoms with Gasteiger partial charge in [0, 0.05) is 0 Å². The van der Waals surface area contributed by atoms with Gasteiger partial charge in [0.15, 0.2) is 0 Å². The molecule has 0 N–H and O–H groups in total. The second-order valence-corrected chi connectivity index (χ2v) is 4.61. The molecular formula is C16H10F6N2O4Pd. The first kappa shape index (κ1) is 26.2. The van der Waals surface area contributed by atoms with Gasteiger partial charge in [0.05, 0.1) is 0 Å². The van der Waals surface area contributed by atoms with Crippen molar-refractivity contribution < 1.29 is 66.0 Å². The topological polar surface area (TPSA) is 80.8 Å². The minimum absolute atomic E-state index is 0. The summed E-state index contributed by atoms with van der Waals surface area (Å²) in [5.41, 5.74) is 6.29. The molecule has 2 aromatic rings. The van der Waals surface area contributed by atoms with Crippen LogP contribution in [0.2, 0.25) is 0 Å². The van der Waals surface area contributed by atoms with Crippen LogP contribution in [-0.2, 0) is 39.7 Å². The molecule has 6 nitrogen and oxygen atoms in total. The van der Waals surface area contributed by atoms with Gasteiger partial charge >= 0.3 is 44.7 Å². The molecule has 0 aliphatic heterocycles. The Morgan fingerprint density at radius 3 is 1.14 bits per heavy atom. The van der Waals surface area contributed by atoms with E-state index in [1.807, 2.05) is 0 Å². The Hall–Kier alpha value is -2.78. The zero-order valence-corrected chi connectivity index (χ0v) is 15.4. The van der Waals surface area contributed by atoms with Crippen molar-refractivity contribution in [3.05, 3.63) is 71.6 Å². The van der Waals surface area contributed by atoms with Gasteiger partial charge in [-0.05, 0) is 0 Å². The number of carbonyl (C=O) groups is 2. The van der Waals surface area contributed by atoms with Crippen molar-refractivity contribution in [2.24, 2.45) is 0 Å². The predicted octanol–water partition coefficient (Wildman–Crippen LogP) is 5.42. The molecule has 160 valence electrons. The number of alkyl halides is 6. The molecule has 0 aliphatic carbocycles. The Labute approximate surface area is 173 Å². The minimum Gasteiger partial charge on any atom is -0.524 e. The van der Waals surface area contributed by atoms with Crippen LogP contribution in [0.3, 0.4) is 0 Å². The predicted molar refractivity (Wildman–Crippen MR) is 83.2 cm³/mol. The molecule has 0 aromatic heterocycles. The molecule has 0 amide bonds. The van der Waals surface area contributed by atoms with E-state index in [0.717, 1.165) is 0 Å². The Kier molecular flexibility index (Phi) is 10.8. The minimum atomic E-state index is -5.02. The molecule has 0 saturated heterocycles. The summed E-state index contributed by atoms with van der Waals surface area (Å²) in [6.07, 6.45) is -10.0. The molecule has 0 saturated carbocycles. The van der Waals surface area contributed by atoms with Gasteiger partial charge in [-0.3, -0.25) is 0 Å². The Bertz CT molecular complexity index is 692. The van der Waals surface area contributed by atoms with Crippen LogP contribution in [0.15, 0.2) is 60.7 Å². The molecule has 0 fully saturated rings. The third kappa shape index (κ3) is 11.0. The zero-order valence-electron chi connectivity index (χ0n) is 13.9. The maximum absolute atomic E-state index is 11.6. The molecular weight excluding hydrogens is 505 g/mol. The summed E-state index contributed by atoms with van der Waals surface area (Å²) in [5, 5.41) is 0. The van der Waals surface area contributed by atoms with Crippen LogP contribution in [0.1, 0.15) is 0 Å². The van der Waals surface area contributed by atoms with Crippen molar-refractivity contribution >= 4 is 23.3 Å². The average Bonchev–Trinajstić information content (AvgIpc) is 2.64. The number of hydrogen-bond donors (Lipinski definition) is 0. The summed E-state index contributed by atoms with van der Waals surface area (Å²) >= 11 is 0. The van der Waals surface area contributed by atoms with E-state index in [4.69, 9.17) is 0 Å². The van der Waals surface area contributed by atoms with Crippen molar-refractivity contribution in [1.29, 1.82) is 0 Å². The summed E-state index contributed by atoms with van der Waals surface area (Å²) in [7, 11) is 0. The van der Waals surface area contributed by atoms with E-state index >= 15 is 0 Å².